The number of hydrogen-bond donors (Lipinski definition) is 0. The predicted octanol–water partition coefficient (Wildman–Crippen LogP) is 4.98. The first kappa shape index (κ1) is 17.2. The van der Waals surface area contributed by atoms with Crippen LogP contribution in [0.2, 0.25) is 0 Å². The van der Waals surface area contributed by atoms with Gasteiger partial charge in [-0.2, -0.15) is 0 Å². The normalized spacial score (nSPS) is 18.5. The van der Waals surface area contributed by atoms with E-state index in [9.17, 15) is 4.79 Å². The Morgan fingerprint density at radius 2 is 1.59 bits per heavy atom. The molecule has 0 spiro atoms. The van der Waals surface area contributed by atoms with Gasteiger partial charge in [0.25, 0.3) is 5.91 Å². The van der Waals surface area contributed by atoms with Crippen molar-refractivity contribution in [2.45, 2.75) is 52.5 Å². The molecule has 1 aliphatic heterocycles. The minimum Gasteiger partial charge on any atom is -0.288 e. The molecule has 1 fully saturated rings. The fourth-order valence-corrected chi connectivity index (χ4v) is 3.91. The summed E-state index contributed by atoms with van der Waals surface area (Å²) in [7, 11) is 0. The zero-order chi connectivity index (χ0) is 16.7. The first-order valence-electron chi connectivity index (χ1n) is 7.39. The van der Waals surface area contributed by atoms with Crippen LogP contribution in [-0.2, 0) is 10.2 Å². The Morgan fingerprint density at radius 1 is 1.05 bits per heavy atom. The van der Waals surface area contributed by atoms with Gasteiger partial charge in [-0.25, -0.2) is 0 Å². The molecule has 0 unspecified atom stereocenters. The van der Waals surface area contributed by atoms with E-state index in [4.69, 9.17) is 12.2 Å². The van der Waals surface area contributed by atoms with Gasteiger partial charge in [-0.15, -0.1) is 0 Å². The summed E-state index contributed by atoms with van der Waals surface area (Å²) in [5, 5.41) is 0. The van der Waals surface area contributed by atoms with E-state index in [0.717, 1.165) is 5.56 Å². The molecule has 1 aromatic rings. The van der Waals surface area contributed by atoms with E-state index in [2.05, 4.69) is 45.0 Å². The molecule has 4 heteroatoms. The lowest BCUT2D eigenvalue weighted by Gasteiger charge is -2.30. The summed E-state index contributed by atoms with van der Waals surface area (Å²) >= 11 is 6.74. The molecule has 0 saturated carbocycles. The summed E-state index contributed by atoms with van der Waals surface area (Å²) < 4.78 is 0.634. The van der Waals surface area contributed by atoms with E-state index >= 15 is 0 Å². The van der Waals surface area contributed by atoms with Gasteiger partial charge in [-0.1, -0.05) is 69.0 Å². The standard InChI is InChI=1S/C18H23NOS2/c1-17(2,3)13-9-7-12(8-10-13)11-14-15(20)19(16(21)22-14)18(4,5)6/h7-11H,1-6H3. The average Bonchev–Trinajstić information content (AvgIpc) is 2.63. The second kappa shape index (κ2) is 5.82. The number of thioether (sulfide) groups is 1. The Labute approximate surface area is 143 Å². The largest absolute Gasteiger partial charge is 0.288 e. The molecule has 1 heterocycles. The third-order valence-corrected chi connectivity index (χ3v) is 4.84. The van der Waals surface area contributed by atoms with Gasteiger partial charge in [0, 0.05) is 5.54 Å². The Balaban J connectivity index is 2.28. The van der Waals surface area contributed by atoms with Crippen LogP contribution in [0.1, 0.15) is 52.7 Å². The van der Waals surface area contributed by atoms with Crippen molar-refractivity contribution in [1.82, 2.24) is 4.90 Å². The molecule has 1 aromatic carbocycles. The monoisotopic (exact) mass is 333 g/mol. The Morgan fingerprint density at radius 3 is 2.00 bits per heavy atom. The lowest BCUT2D eigenvalue weighted by molar-refractivity contribution is -0.125. The van der Waals surface area contributed by atoms with E-state index in [1.54, 1.807) is 4.90 Å². The van der Waals surface area contributed by atoms with Gasteiger partial charge in [0.2, 0.25) is 0 Å². The zero-order valence-electron chi connectivity index (χ0n) is 14.1. The van der Waals surface area contributed by atoms with Gasteiger partial charge < -0.3 is 0 Å². The van der Waals surface area contributed by atoms with Crippen molar-refractivity contribution in [2.75, 3.05) is 0 Å². The Kier molecular flexibility index (Phi) is 4.56. The average molecular weight is 334 g/mol. The predicted molar refractivity (Wildman–Crippen MR) is 99.9 cm³/mol. The minimum atomic E-state index is -0.285. The lowest BCUT2D eigenvalue weighted by Crippen LogP contribution is -2.44. The maximum absolute atomic E-state index is 12.5. The fraction of sp³-hybridized carbons (Fsp3) is 0.444. The smallest absolute Gasteiger partial charge is 0.266 e. The summed E-state index contributed by atoms with van der Waals surface area (Å²) in [5.74, 6) is 0.00222. The molecule has 0 radical (unpaired) electrons. The van der Waals surface area contributed by atoms with Gasteiger partial charge in [0.15, 0.2) is 0 Å². The number of hydrogen-bond acceptors (Lipinski definition) is 3. The first-order valence-corrected chi connectivity index (χ1v) is 8.61. The summed E-state index contributed by atoms with van der Waals surface area (Å²) in [6.07, 6.45) is 1.93. The molecule has 118 valence electrons. The molecule has 0 N–H and O–H groups in total. The van der Waals surface area contributed by atoms with Crippen molar-refractivity contribution >= 4 is 40.3 Å². The van der Waals surface area contributed by atoms with E-state index in [0.29, 0.717) is 9.23 Å². The number of benzene rings is 1. The number of thiocarbonyl (C=S) groups is 1. The third kappa shape index (κ3) is 3.61. The molecular weight excluding hydrogens is 310 g/mol. The SMILES string of the molecule is CC(C)(C)c1ccc(C=C2SC(=S)N(C(C)(C)C)C2=O)cc1. The lowest BCUT2D eigenvalue weighted by atomic mass is 9.87. The van der Waals surface area contributed by atoms with Gasteiger partial charge >= 0.3 is 0 Å². The van der Waals surface area contributed by atoms with Crippen LogP contribution >= 0.6 is 24.0 Å². The Bertz CT molecular complexity index is 631. The maximum Gasteiger partial charge on any atom is 0.266 e. The highest BCUT2D eigenvalue weighted by Gasteiger charge is 2.38. The van der Waals surface area contributed by atoms with E-state index < -0.39 is 0 Å². The van der Waals surface area contributed by atoms with Gasteiger partial charge in [-0.05, 0) is 43.4 Å². The highest BCUT2D eigenvalue weighted by molar-refractivity contribution is 8.26. The van der Waals surface area contributed by atoms with E-state index in [-0.39, 0.29) is 16.9 Å². The molecule has 1 amide bonds. The van der Waals surface area contributed by atoms with Crippen LogP contribution in [0.5, 0.6) is 0 Å². The van der Waals surface area contributed by atoms with Gasteiger partial charge in [0.1, 0.15) is 4.32 Å². The molecule has 0 bridgehead atoms. The summed E-state index contributed by atoms with van der Waals surface area (Å²) in [5.41, 5.74) is 2.16. The maximum atomic E-state index is 12.5. The van der Waals surface area contributed by atoms with Crippen molar-refractivity contribution in [1.29, 1.82) is 0 Å². The van der Waals surface area contributed by atoms with Crippen molar-refractivity contribution in [3.05, 3.63) is 40.3 Å². The molecule has 0 atom stereocenters. The molecule has 2 nitrogen and oxygen atoms in total. The highest BCUT2D eigenvalue weighted by atomic mass is 32.2. The van der Waals surface area contributed by atoms with Gasteiger partial charge in [-0.3, -0.25) is 9.69 Å². The van der Waals surface area contributed by atoms with E-state index in [1.807, 2.05) is 26.8 Å². The van der Waals surface area contributed by atoms with Crippen LogP contribution in [0.3, 0.4) is 0 Å². The van der Waals surface area contributed by atoms with Crippen LogP contribution in [0, 0.1) is 0 Å². The van der Waals surface area contributed by atoms with Crippen molar-refractivity contribution < 1.29 is 4.79 Å². The van der Waals surface area contributed by atoms with Crippen LogP contribution in [0.4, 0.5) is 0 Å². The molecule has 1 saturated heterocycles. The van der Waals surface area contributed by atoms with Crippen LogP contribution in [0.25, 0.3) is 6.08 Å². The number of amides is 1. The van der Waals surface area contributed by atoms with E-state index in [1.165, 1.54) is 17.3 Å². The van der Waals surface area contributed by atoms with Gasteiger partial charge in [0.05, 0.1) is 4.91 Å². The summed E-state index contributed by atoms with van der Waals surface area (Å²) in [4.78, 5) is 14.9. The highest BCUT2D eigenvalue weighted by Crippen LogP contribution is 2.37. The first-order chi connectivity index (χ1) is 10.00. The van der Waals surface area contributed by atoms with Crippen LogP contribution in [0.15, 0.2) is 29.2 Å². The number of carbonyl (C=O) groups is 1. The molecule has 0 aromatic heterocycles. The van der Waals surface area contributed by atoms with Crippen LogP contribution in [-0.4, -0.2) is 20.7 Å². The fourth-order valence-electron chi connectivity index (χ4n) is 2.28. The summed E-state index contributed by atoms with van der Waals surface area (Å²) in [6.45, 7) is 12.6. The van der Waals surface area contributed by atoms with Crippen molar-refractivity contribution in [3.63, 3.8) is 0 Å². The second-order valence-electron chi connectivity index (χ2n) is 7.56. The minimum absolute atomic E-state index is 0.00222. The second-order valence-corrected chi connectivity index (χ2v) is 9.24. The number of nitrogens with zero attached hydrogens (tertiary/aromatic N) is 1. The Hall–Kier alpha value is -1.13. The molecule has 1 aliphatic rings. The molecule has 22 heavy (non-hydrogen) atoms. The zero-order valence-corrected chi connectivity index (χ0v) is 15.7. The van der Waals surface area contributed by atoms with Crippen molar-refractivity contribution in [3.8, 4) is 0 Å². The van der Waals surface area contributed by atoms with Crippen molar-refractivity contribution in [2.24, 2.45) is 0 Å². The molecular formula is C18H23NOS2. The third-order valence-electron chi connectivity index (χ3n) is 3.54. The quantitative estimate of drug-likeness (QED) is 0.534. The number of rotatable bonds is 1. The van der Waals surface area contributed by atoms with Crippen LogP contribution < -0.4 is 0 Å². The summed E-state index contributed by atoms with van der Waals surface area (Å²) in [6, 6.07) is 8.36. The topological polar surface area (TPSA) is 20.3 Å². The number of carbonyl (C=O) groups excluding carboxylic acids is 1. The molecule has 0 aliphatic carbocycles. The molecule has 2 rings (SSSR count).